The molecule has 0 rings (SSSR count). The van der Waals surface area contributed by atoms with Crippen LogP contribution in [0.25, 0.3) is 0 Å². The van der Waals surface area contributed by atoms with E-state index in [-0.39, 0.29) is 37.4 Å². The van der Waals surface area contributed by atoms with Crippen molar-refractivity contribution < 1.29 is 29.1 Å². The molecule has 0 radical (unpaired) electrons. The van der Waals surface area contributed by atoms with Crippen molar-refractivity contribution in [1.29, 1.82) is 0 Å². The number of carbonyl (C=O) groups excluding carboxylic acids is 4. The van der Waals surface area contributed by atoms with Crippen molar-refractivity contribution in [2.75, 3.05) is 12.3 Å². The standard InChI is InChI=1S/C20H38N6O6S/c1-11(2)9-14(20(31)32)25-18(29)13(5-3-4-8-21)24-19(30)15(10-33)26-17(28)12(22)6-7-16(23)27/h11-15,33H,3-10,21-22H2,1-2H3,(H2,23,27)(H,24,30)(H,25,29)(H,26,28)(H,31,32). The number of nitrogens with two attached hydrogens (primary N) is 3. The quantitative estimate of drug-likeness (QED) is 0.0858. The summed E-state index contributed by atoms with van der Waals surface area (Å²) in [7, 11) is 0. The summed E-state index contributed by atoms with van der Waals surface area (Å²) in [6.45, 7) is 4.05. The molecule has 0 aromatic heterocycles. The van der Waals surface area contributed by atoms with Crippen LogP contribution in [0, 0.1) is 5.92 Å². The third kappa shape index (κ3) is 13.0. The van der Waals surface area contributed by atoms with Gasteiger partial charge < -0.3 is 38.3 Å². The van der Waals surface area contributed by atoms with Crippen LogP contribution in [0.1, 0.15) is 52.4 Å². The Labute approximate surface area is 199 Å². The fourth-order valence-corrected chi connectivity index (χ4v) is 3.16. The van der Waals surface area contributed by atoms with Gasteiger partial charge >= 0.3 is 5.97 Å². The number of carboxylic acid groups (broad SMARTS) is 1. The lowest BCUT2D eigenvalue weighted by Crippen LogP contribution is -2.57. The van der Waals surface area contributed by atoms with Crippen LogP contribution in [-0.4, -0.2) is 71.2 Å². The predicted octanol–water partition coefficient (Wildman–Crippen LogP) is -1.78. The van der Waals surface area contributed by atoms with E-state index in [1.54, 1.807) is 0 Å². The molecule has 12 nitrogen and oxygen atoms in total. The van der Waals surface area contributed by atoms with Crippen molar-refractivity contribution in [3.05, 3.63) is 0 Å². The molecule has 0 aromatic rings. The number of primary amides is 1. The molecular formula is C20H38N6O6S. The number of aliphatic carboxylic acids is 1. The fourth-order valence-electron chi connectivity index (χ4n) is 2.90. The summed E-state index contributed by atoms with van der Waals surface area (Å²) in [6, 6.07) is -4.28. The van der Waals surface area contributed by atoms with Crippen molar-refractivity contribution >= 4 is 42.2 Å². The molecule has 0 bridgehead atoms. The molecular weight excluding hydrogens is 452 g/mol. The van der Waals surface area contributed by atoms with E-state index >= 15 is 0 Å². The van der Waals surface area contributed by atoms with Gasteiger partial charge in [0.1, 0.15) is 18.1 Å². The van der Waals surface area contributed by atoms with E-state index in [9.17, 15) is 29.1 Å². The number of hydrogen-bond acceptors (Lipinski definition) is 8. The Morgan fingerprint density at radius 2 is 1.42 bits per heavy atom. The maximum absolute atomic E-state index is 12.8. The highest BCUT2D eigenvalue weighted by atomic mass is 32.1. The van der Waals surface area contributed by atoms with Crippen LogP contribution in [0.4, 0.5) is 0 Å². The number of hydrogen-bond donors (Lipinski definition) is 8. The largest absolute Gasteiger partial charge is 0.480 e. The summed E-state index contributed by atoms with van der Waals surface area (Å²) < 4.78 is 0. The molecule has 0 aliphatic carbocycles. The predicted molar refractivity (Wildman–Crippen MR) is 126 cm³/mol. The molecule has 0 saturated carbocycles. The minimum absolute atomic E-state index is 0.0125. The molecule has 190 valence electrons. The van der Waals surface area contributed by atoms with Gasteiger partial charge in [0, 0.05) is 12.2 Å². The molecule has 0 spiro atoms. The van der Waals surface area contributed by atoms with Gasteiger partial charge in [-0.3, -0.25) is 19.2 Å². The molecule has 4 atom stereocenters. The lowest BCUT2D eigenvalue weighted by atomic mass is 10.0. The third-order valence-electron chi connectivity index (χ3n) is 4.76. The summed E-state index contributed by atoms with van der Waals surface area (Å²) in [6.07, 6.45) is 1.51. The van der Waals surface area contributed by atoms with Gasteiger partial charge in [-0.05, 0) is 44.6 Å². The van der Waals surface area contributed by atoms with Gasteiger partial charge in [-0.25, -0.2) is 4.79 Å². The highest BCUT2D eigenvalue weighted by molar-refractivity contribution is 7.80. The van der Waals surface area contributed by atoms with Crippen molar-refractivity contribution in [2.45, 2.75) is 76.5 Å². The molecule has 13 heteroatoms. The monoisotopic (exact) mass is 490 g/mol. The average molecular weight is 491 g/mol. The van der Waals surface area contributed by atoms with E-state index in [4.69, 9.17) is 17.2 Å². The number of rotatable bonds is 17. The number of unbranched alkanes of at least 4 members (excludes halogenated alkanes) is 1. The van der Waals surface area contributed by atoms with Gasteiger partial charge in [0.25, 0.3) is 0 Å². The van der Waals surface area contributed by atoms with Crippen LogP contribution < -0.4 is 33.2 Å². The van der Waals surface area contributed by atoms with Crippen LogP contribution in [0.2, 0.25) is 0 Å². The Balaban J connectivity index is 5.24. The smallest absolute Gasteiger partial charge is 0.326 e. The van der Waals surface area contributed by atoms with Gasteiger partial charge in [0.15, 0.2) is 0 Å². The van der Waals surface area contributed by atoms with Gasteiger partial charge in [-0.1, -0.05) is 13.8 Å². The number of amides is 4. The van der Waals surface area contributed by atoms with Crippen molar-refractivity contribution in [1.82, 2.24) is 16.0 Å². The first-order valence-electron chi connectivity index (χ1n) is 10.9. The summed E-state index contributed by atoms with van der Waals surface area (Å²) in [5.41, 5.74) is 16.3. The molecule has 0 fully saturated rings. The van der Waals surface area contributed by atoms with E-state index in [0.29, 0.717) is 19.4 Å². The molecule has 0 aromatic carbocycles. The zero-order valence-corrected chi connectivity index (χ0v) is 20.1. The minimum Gasteiger partial charge on any atom is -0.480 e. The average Bonchev–Trinajstić information content (AvgIpc) is 2.73. The lowest BCUT2D eigenvalue weighted by molar-refractivity contribution is -0.142. The Morgan fingerprint density at radius 3 is 1.91 bits per heavy atom. The summed E-state index contributed by atoms with van der Waals surface area (Å²) in [5.74, 6) is -3.82. The topological polar surface area (TPSA) is 220 Å². The first kappa shape index (κ1) is 30.6. The Morgan fingerprint density at radius 1 is 0.879 bits per heavy atom. The lowest BCUT2D eigenvalue weighted by Gasteiger charge is -2.25. The Kier molecular flexibility index (Phi) is 15.1. The number of nitrogens with one attached hydrogen (secondary N) is 3. The molecule has 10 N–H and O–H groups in total. The summed E-state index contributed by atoms with van der Waals surface area (Å²) in [5, 5.41) is 16.8. The maximum atomic E-state index is 12.8. The van der Waals surface area contributed by atoms with Crippen LogP contribution in [-0.2, 0) is 24.0 Å². The molecule has 0 saturated heterocycles. The van der Waals surface area contributed by atoms with Crippen LogP contribution in [0.5, 0.6) is 0 Å². The molecule has 0 aliphatic rings. The summed E-state index contributed by atoms with van der Waals surface area (Å²) in [4.78, 5) is 60.1. The van der Waals surface area contributed by atoms with E-state index < -0.39 is 53.8 Å². The van der Waals surface area contributed by atoms with Crippen molar-refractivity contribution in [2.24, 2.45) is 23.1 Å². The SMILES string of the molecule is CC(C)CC(NC(=O)C(CCCCN)NC(=O)C(CS)NC(=O)C(N)CCC(N)=O)C(=O)O. The van der Waals surface area contributed by atoms with Crippen LogP contribution in [0.15, 0.2) is 0 Å². The summed E-state index contributed by atoms with van der Waals surface area (Å²) >= 11 is 4.08. The second kappa shape index (κ2) is 16.3. The highest BCUT2D eigenvalue weighted by Gasteiger charge is 2.30. The first-order chi connectivity index (χ1) is 15.4. The Bertz CT molecular complexity index is 677. The maximum Gasteiger partial charge on any atom is 0.326 e. The third-order valence-corrected chi connectivity index (χ3v) is 5.12. The van der Waals surface area contributed by atoms with Crippen LogP contribution >= 0.6 is 12.6 Å². The molecule has 0 heterocycles. The van der Waals surface area contributed by atoms with Crippen molar-refractivity contribution in [3.63, 3.8) is 0 Å². The van der Waals surface area contributed by atoms with Crippen LogP contribution in [0.3, 0.4) is 0 Å². The zero-order valence-electron chi connectivity index (χ0n) is 19.2. The van der Waals surface area contributed by atoms with Gasteiger partial charge in [0.2, 0.25) is 23.6 Å². The molecule has 33 heavy (non-hydrogen) atoms. The number of carbonyl (C=O) groups is 5. The van der Waals surface area contributed by atoms with E-state index in [1.165, 1.54) is 0 Å². The second-order valence-corrected chi connectivity index (χ2v) is 8.59. The first-order valence-corrected chi connectivity index (χ1v) is 11.5. The van der Waals surface area contributed by atoms with Gasteiger partial charge in [-0.15, -0.1) is 0 Å². The number of thiol groups is 1. The fraction of sp³-hybridized carbons (Fsp3) is 0.750. The van der Waals surface area contributed by atoms with E-state index in [2.05, 4.69) is 28.6 Å². The minimum atomic E-state index is -1.17. The van der Waals surface area contributed by atoms with Gasteiger partial charge in [-0.2, -0.15) is 12.6 Å². The van der Waals surface area contributed by atoms with E-state index in [0.717, 1.165) is 0 Å². The second-order valence-electron chi connectivity index (χ2n) is 8.23. The molecule has 4 unspecified atom stereocenters. The molecule has 4 amide bonds. The zero-order chi connectivity index (χ0) is 25.6. The van der Waals surface area contributed by atoms with Gasteiger partial charge in [0.05, 0.1) is 6.04 Å². The molecule has 0 aliphatic heterocycles. The highest BCUT2D eigenvalue weighted by Crippen LogP contribution is 2.08. The Hall–Kier alpha value is -2.38. The normalized spacial score (nSPS) is 14.6. The van der Waals surface area contributed by atoms with E-state index in [1.807, 2.05) is 13.8 Å². The number of carboxylic acids is 1. The van der Waals surface area contributed by atoms with Crippen molar-refractivity contribution in [3.8, 4) is 0 Å².